The molecule has 2 aliphatic rings. The van der Waals surface area contributed by atoms with E-state index in [9.17, 15) is 4.79 Å². The van der Waals surface area contributed by atoms with Gasteiger partial charge in [0.15, 0.2) is 5.13 Å². The van der Waals surface area contributed by atoms with E-state index >= 15 is 0 Å². The zero-order valence-electron chi connectivity index (χ0n) is 13.3. The van der Waals surface area contributed by atoms with E-state index in [1.165, 1.54) is 18.5 Å². The number of nitrogens with zero attached hydrogens (tertiary/aromatic N) is 3. The van der Waals surface area contributed by atoms with Gasteiger partial charge in [0, 0.05) is 28.9 Å². The normalized spacial score (nSPS) is 17.8. The van der Waals surface area contributed by atoms with E-state index in [2.05, 4.69) is 29.5 Å². The van der Waals surface area contributed by atoms with Crippen LogP contribution < -0.4 is 4.90 Å². The third-order valence-corrected chi connectivity index (χ3v) is 5.53. The molecular weight excluding hydrogens is 294 g/mol. The van der Waals surface area contributed by atoms with Crippen molar-refractivity contribution in [3.8, 4) is 0 Å². The molecular formula is C17H21N3OS. The Morgan fingerprint density at radius 3 is 2.55 bits per heavy atom. The Morgan fingerprint density at radius 1 is 1.27 bits per heavy atom. The minimum Gasteiger partial charge on any atom is -0.345 e. The largest absolute Gasteiger partial charge is 0.345 e. The van der Waals surface area contributed by atoms with E-state index in [0.717, 1.165) is 34.9 Å². The van der Waals surface area contributed by atoms with Gasteiger partial charge in [0.2, 0.25) is 0 Å². The summed E-state index contributed by atoms with van der Waals surface area (Å²) in [5.74, 6) is 0.122. The monoisotopic (exact) mass is 315 g/mol. The molecule has 0 aliphatic heterocycles. The lowest BCUT2D eigenvalue weighted by molar-refractivity contribution is 0.0984. The van der Waals surface area contributed by atoms with Gasteiger partial charge in [0.05, 0.1) is 11.3 Å². The average molecular weight is 315 g/mol. The number of hydrogen-bond donors (Lipinski definition) is 0. The second-order valence-electron chi connectivity index (χ2n) is 6.56. The van der Waals surface area contributed by atoms with Crippen LogP contribution in [0.1, 0.15) is 59.2 Å². The molecule has 0 radical (unpaired) electrons. The van der Waals surface area contributed by atoms with Crippen LogP contribution in [0.4, 0.5) is 5.13 Å². The first-order valence-corrected chi connectivity index (χ1v) is 8.88. The first kappa shape index (κ1) is 14.0. The Bertz CT molecular complexity index is 737. The van der Waals surface area contributed by atoms with E-state index < -0.39 is 0 Å². The van der Waals surface area contributed by atoms with Crippen LogP contribution in [0.15, 0.2) is 11.4 Å². The number of aryl methyl sites for hydroxylation is 2. The summed E-state index contributed by atoms with van der Waals surface area (Å²) in [6.07, 6.45) is 4.65. The average Bonchev–Trinajstić information content (AvgIpc) is 3.38. The second kappa shape index (κ2) is 4.95. The fourth-order valence-corrected chi connectivity index (χ4v) is 4.08. The first-order valence-electron chi connectivity index (χ1n) is 8.00. The fraction of sp³-hybridized carbons (Fsp3) is 0.529. The highest BCUT2D eigenvalue weighted by Crippen LogP contribution is 2.40. The molecule has 116 valence electrons. The maximum absolute atomic E-state index is 13.1. The Labute approximate surface area is 134 Å². The van der Waals surface area contributed by atoms with E-state index in [1.54, 1.807) is 11.3 Å². The van der Waals surface area contributed by atoms with Gasteiger partial charge >= 0.3 is 0 Å². The number of amides is 1. The van der Waals surface area contributed by atoms with E-state index in [4.69, 9.17) is 0 Å². The van der Waals surface area contributed by atoms with Crippen molar-refractivity contribution >= 4 is 22.4 Å². The van der Waals surface area contributed by atoms with Gasteiger partial charge in [-0.3, -0.25) is 9.69 Å². The van der Waals surface area contributed by atoms with Crippen LogP contribution >= 0.6 is 11.3 Å². The van der Waals surface area contributed by atoms with Crippen LogP contribution in [0, 0.1) is 20.8 Å². The van der Waals surface area contributed by atoms with Crippen molar-refractivity contribution in [1.82, 2.24) is 9.55 Å². The van der Waals surface area contributed by atoms with Gasteiger partial charge in [0.25, 0.3) is 5.91 Å². The van der Waals surface area contributed by atoms with Gasteiger partial charge in [0.1, 0.15) is 0 Å². The molecule has 0 saturated heterocycles. The van der Waals surface area contributed by atoms with Crippen molar-refractivity contribution in [3.63, 3.8) is 0 Å². The molecule has 0 unspecified atom stereocenters. The first-order chi connectivity index (χ1) is 10.6. The predicted molar refractivity (Wildman–Crippen MR) is 88.9 cm³/mol. The smallest absolute Gasteiger partial charge is 0.262 e. The third-order valence-electron chi connectivity index (χ3n) is 4.57. The number of hydrogen-bond acceptors (Lipinski definition) is 3. The molecule has 2 aromatic heterocycles. The molecule has 2 fully saturated rings. The number of aromatic nitrogens is 2. The Kier molecular flexibility index (Phi) is 3.15. The number of carbonyl (C=O) groups excluding carboxylic acids is 1. The topological polar surface area (TPSA) is 38.1 Å². The van der Waals surface area contributed by atoms with E-state index in [-0.39, 0.29) is 5.91 Å². The van der Waals surface area contributed by atoms with Crippen LogP contribution in [-0.2, 0) is 0 Å². The summed E-state index contributed by atoms with van der Waals surface area (Å²) in [4.78, 5) is 19.6. The Hall–Kier alpha value is -1.62. The molecule has 0 N–H and O–H groups in total. The molecule has 0 atom stereocenters. The lowest BCUT2D eigenvalue weighted by atomic mass is 10.2. The SMILES string of the molecule is Cc1csc(N(C(=O)c2cc(C)n(C3CC3)c2C)C2CC2)n1. The number of anilines is 1. The standard InChI is InChI=1S/C17H21N3OS/c1-10-9-22-17(18-10)20(14-6-7-14)16(21)15-8-11(2)19(12(15)3)13-4-5-13/h8-9,13-14H,4-7H2,1-3H3. The maximum Gasteiger partial charge on any atom is 0.262 e. The van der Waals surface area contributed by atoms with Crippen LogP contribution in [-0.4, -0.2) is 21.5 Å². The van der Waals surface area contributed by atoms with Gasteiger partial charge in [-0.05, 0) is 52.5 Å². The molecule has 5 heteroatoms. The van der Waals surface area contributed by atoms with Gasteiger partial charge in [-0.15, -0.1) is 11.3 Å². The summed E-state index contributed by atoms with van der Waals surface area (Å²) in [7, 11) is 0. The summed E-state index contributed by atoms with van der Waals surface area (Å²) in [5.41, 5.74) is 4.16. The summed E-state index contributed by atoms with van der Waals surface area (Å²) in [6, 6.07) is 3.01. The Morgan fingerprint density at radius 2 is 2.00 bits per heavy atom. The lowest BCUT2D eigenvalue weighted by Crippen LogP contribution is -2.33. The summed E-state index contributed by atoms with van der Waals surface area (Å²) >= 11 is 1.57. The summed E-state index contributed by atoms with van der Waals surface area (Å²) in [5, 5.41) is 2.87. The van der Waals surface area contributed by atoms with Gasteiger partial charge < -0.3 is 4.57 Å². The molecule has 22 heavy (non-hydrogen) atoms. The second-order valence-corrected chi connectivity index (χ2v) is 7.40. The van der Waals surface area contributed by atoms with Crippen molar-refractivity contribution in [2.24, 2.45) is 0 Å². The van der Waals surface area contributed by atoms with E-state index in [0.29, 0.717) is 12.1 Å². The van der Waals surface area contributed by atoms with Crippen molar-refractivity contribution in [3.05, 3.63) is 34.1 Å². The molecule has 4 nitrogen and oxygen atoms in total. The molecule has 1 amide bonds. The van der Waals surface area contributed by atoms with Crippen molar-refractivity contribution in [2.45, 2.75) is 58.5 Å². The highest BCUT2D eigenvalue weighted by Gasteiger charge is 2.38. The van der Waals surface area contributed by atoms with Crippen molar-refractivity contribution < 1.29 is 4.79 Å². The zero-order chi connectivity index (χ0) is 15.4. The number of carbonyl (C=O) groups is 1. The number of rotatable bonds is 4. The molecule has 2 heterocycles. The molecule has 2 saturated carbocycles. The highest BCUT2D eigenvalue weighted by molar-refractivity contribution is 7.14. The lowest BCUT2D eigenvalue weighted by Gasteiger charge is -2.19. The summed E-state index contributed by atoms with van der Waals surface area (Å²) in [6.45, 7) is 6.17. The molecule has 2 aromatic rings. The molecule has 4 rings (SSSR count). The quantitative estimate of drug-likeness (QED) is 0.855. The van der Waals surface area contributed by atoms with Gasteiger partial charge in [-0.1, -0.05) is 0 Å². The van der Waals surface area contributed by atoms with Crippen LogP contribution in [0.2, 0.25) is 0 Å². The van der Waals surface area contributed by atoms with Gasteiger partial charge in [-0.2, -0.15) is 0 Å². The zero-order valence-corrected chi connectivity index (χ0v) is 14.1. The third kappa shape index (κ3) is 2.28. The highest BCUT2D eigenvalue weighted by atomic mass is 32.1. The van der Waals surface area contributed by atoms with Crippen molar-refractivity contribution in [1.29, 1.82) is 0 Å². The maximum atomic E-state index is 13.1. The van der Waals surface area contributed by atoms with Crippen LogP contribution in [0.25, 0.3) is 0 Å². The minimum atomic E-state index is 0.122. The molecule has 2 aliphatic carbocycles. The van der Waals surface area contributed by atoms with Gasteiger partial charge in [-0.25, -0.2) is 4.98 Å². The van der Waals surface area contributed by atoms with E-state index in [1.807, 2.05) is 17.2 Å². The minimum absolute atomic E-state index is 0.122. The van der Waals surface area contributed by atoms with Crippen molar-refractivity contribution in [2.75, 3.05) is 4.90 Å². The molecule has 0 bridgehead atoms. The summed E-state index contributed by atoms with van der Waals surface area (Å²) < 4.78 is 2.34. The predicted octanol–water partition coefficient (Wildman–Crippen LogP) is 4.01. The number of thiazole rings is 1. The fourth-order valence-electron chi connectivity index (χ4n) is 3.21. The Balaban J connectivity index is 1.71. The molecule has 0 aromatic carbocycles. The van der Waals surface area contributed by atoms with Crippen LogP contribution in [0.5, 0.6) is 0 Å². The molecule has 0 spiro atoms. The van der Waals surface area contributed by atoms with Crippen LogP contribution in [0.3, 0.4) is 0 Å².